The maximum atomic E-state index is 12.7. The highest BCUT2D eigenvalue weighted by Gasteiger charge is 2.32. The van der Waals surface area contributed by atoms with Crippen molar-refractivity contribution < 1.29 is 14.7 Å². The molecule has 0 aliphatic carbocycles. The van der Waals surface area contributed by atoms with Gasteiger partial charge in [-0.1, -0.05) is 31.5 Å². The van der Waals surface area contributed by atoms with Crippen LogP contribution in [-0.2, 0) is 4.79 Å². The Balaban J connectivity index is 0.000000567. The second kappa shape index (κ2) is 10.6. The molecule has 6 heteroatoms. The van der Waals surface area contributed by atoms with Gasteiger partial charge in [0.15, 0.2) is 0 Å². The third-order valence-electron chi connectivity index (χ3n) is 3.70. The molecule has 0 radical (unpaired) electrons. The van der Waals surface area contributed by atoms with Gasteiger partial charge < -0.3 is 10.0 Å². The SMILES string of the molecule is CC.Cc1cccc(C(=O)N2CCCC2c2nc(C)cs2)c1.O=CO. The summed E-state index contributed by atoms with van der Waals surface area (Å²) >= 11 is 1.66. The predicted molar refractivity (Wildman–Crippen MR) is 101 cm³/mol. The third kappa shape index (κ3) is 5.67. The van der Waals surface area contributed by atoms with E-state index in [9.17, 15) is 4.79 Å². The van der Waals surface area contributed by atoms with Gasteiger partial charge in [-0.2, -0.15) is 0 Å². The van der Waals surface area contributed by atoms with E-state index in [0.717, 1.165) is 41.2 Å². The van der Waals surface area contributed by atoms with E-state index in [1.54, 1.807) is 11.3 Å². The molecule has 3 rings (SSSR count). The molecule has 25 heavy (non-hydrogen) atoms. The molecule has 0 spiro atoms. The van der Waals surface area contributed by atoms with E-state index in [0.29, 0.717) is 0 Å². The van der Waals surface area contributed by atoms with Gasteiger partial charge in [-0.15, -0.1) is 11.3 Å². The molecule has 1 N–H and O–H groups in total. The van der Waals surface area contributed by atoms with Gasteiger partial charge in [0.05, 0.1) is 6.04 Å². The first kappa shape index (κ1) is 20.8. The summed E-state index contributed by atoms with van der Waals surface area (Å²) < 4.78 is 0. The van der Waals surface area contributed by atoms with Crippen molar-refractivity contribution in [3.63, 3.8) is 0 Å². The van der Waals surface area contributed by atoms with E-state index in [1.165, 1.54) is 0 Å². The average molecular weight is 362 g/mol. The lowest BCUT2D eigenvalue weighted by molar-refractivity contribution is -0.122. The summed E-state index contributed by atoms with van der Waals surface area (Å²) in [5, 5.41) is 10.0. The van der Waals surface area contributed by atoms with Gasteiger partial charge in [0, 0.05) is 23.2 Å². The molecule has 1 atom stereocenters. The summed E-state index contributed by atoms with van der Waals surface area (Å²) in [5.74, 6) is 0.129. The minimum atomic E-state index is -0.250. The molecule has 136 valence electrons. The Morgan fingerprint density at radius 3 is 2.60 bits per heavy atom. The summed E-state index contributed by atoms with van der Waals surface area (Å²) in [7, 11) is 0. The van der Waals surface area contributed by atoms with Crippen molar-refractivity contribution in [2.75, 3.05) is 6.54 Å². The van der Waals surface area contributed by atoms with Crippen LogP contribution in [-0.4, -0.2) is 33.9 Å². The predicted octanol–water partition coefficient (Wildman–Crippen LogP) is 4.46. The number of hydrogen-bond acceptors (Lipinski definition) is 4. The number of carboxylic acid groups (broad SMARTS) is 1. The zero-order valence-electron chi connectivity index (χ0n) is 15.2. The minimum absolute atomic E-state index is 0.129. The molecule has 1 aliphatic rings. The monoisotopic (exact) mass is 362 g/mol. The molecular weight excluding hydrogens is 336 g/mol. The Hall–Kier alpha value is -2.21. The number of likely N-dealkylation sites (tertiary alicyclic amines) is 1. The number of benzene rings is 1. The summed E-state index contributed by atoms with van der Waals surface area (Å²) in [5.41, 5.74) is 2.95. The van der Waals surface area contributed by atoms with Crippen LogP contribution >= 0.6 is 11.3 Å². The third-order valence-corrected chi connectivity index (χ3v) is 4.76. The van der Waals surface area contributed by atoms with Crippen molar-refractivity contribution in [3.8, 4) is 0 Å². The number of carbonyl (C=O) groups is 2. The highest BCUT2D eigenvalue weighted by atomic mass is 32.1. The first-order valence-corrected chi connectivity index (χ1v) is 9.32. The van der Waals surface area contributed by atoms with Crippen LogP contribution in [0, 0.1) is 13.8 Å². The van der Waals surface area contributed by atoms with Gasteiger partial charge in [-0.05, 0) is 38.8 Å². The molecule has 2 aromatic rings. The molecule has 1 fully saturated rings. The number of hydrogen-bond donors (Lipinski definition) is 1. The molecule has 1 aromatic carbocycles. The number of thiazole rings is 1. The number of aromatic nitrogens is 1. The standard InChI is InChI=1S/C16H18N2OS.C2H6.CH2O2/c1-11-5-3-6-13(9-11)16(19)18-8-4-7-14(18)15-17-12(2)10-20-15;1-2;2-1-3/h3,5-6,9-10,14H,4,7-8H2,1-2H3;1-2H3;1H,(H,2,3). The normalized spacial score (nSPS) is 15.5. The second-order valence-electron chi connectivity index (χ2n) is 5.46. The lowest BCUT2D eigenvalue weighted by Gasteiger charge is -2.23. The van der Waals surface area contributed by atoms with Gasteiger partial charge in [0.1, 0.15) is 5.01 Å². The van der Waals surface area contributed by atoms with E-state index >= 15 is 0 Å². The summed E-state index contributed by atoms with van der Waals surface area (Å²) in [4.78, 5) is 27.6. The second-order valence-corrected chi connectivity index (χ2v) is 6.35. The molecule has 1 saturated heterocycles. The molecular formula is C19H26N2O3S. The zero-order chi connectivity index (χ0) is 18.8. The van der Waals surface area contributed by atoms with Gasteiger partial charge in [0.2, 0.25) is 0 Å². The molecule has 1 aliphatic heterocycles. The van der Waals surface area contributed by atoms with Gasteiger partial charge in [0.25, 0.3) is 12.4 Å². The highest BCUT2D eigenvalue weighted by Crippen LogP contribution is 2.34. The smallest absolute Gasteiger partial charge is 0.290 e. The van der Waals surface area contributed by atoms with Crippen LogP contribution in [0.25, 0.3) is 0 Å². The fourth-order valence-corrected chi connectivity index (χ4v) is 3.68. The molecule has 1 amide bonds. The van der Waals surface area contributed by atoms with Crippen LogP contribution in [0.4, 0.5) is 0 Å². The molecule has 0 saturated carbocycles. The van der Waals surface area contributed by atoms with Crippen LogP contribution in [0.15, 0.2) is 29.6 Å². The maximum absolute atomic E-state index is 12.7. The van der Waals surface area contributed by atoms with E-state index in [1.807, 2.05) is 56.9 Å². The Labute approximate surface area is 153 Å². The van der Waals surface area contributed by atoms with Crippen LogP contribution in [0.2, 0.25) is 0 Å². The Morgan fingerprint density at radius 1 is 1.36 bits per heavy atom. The first-order valence-electron chi connectivity index (χ1n) is 8.44. The van der Waals surface area contributed by atoms with Crippen LogP contribution in [0.3, 0.4) is 0 Å². The Bertz CT molecular complexity index is 685. The van der Waals surface area contributed by atoms with E-state index in [2.05, 4.69) is 10.4 Å². The number of carbonyl (C=O) groups excluding carboxylic acids is 1. The molecule has 1 unspecified atom stereocenters. The van der Waals surface area contributed by atoms with Crippen molar-refractivity contribution in [1.29, 1.82) is 0 Å². The average Bonchev–Trinajstić information content (AvgIpc) is 3.25. The quantitative estimate of drug-likeness (QED) is 0.801. The zero-order valence-corrected chi connectivity index (χ0v) is 16.0. The highest BCUT2D eigenvalue weighted by molar-refractivity contribution is 7.09. The Morgan fingerprint density at radius 2 is 2.04 bits per heavy atom. The van der Waals surface area contributed by atoms with Crippen LogP contribution in [0.5, 0.6) is 0 Å². The lowest BCUT2D eigenvalue weighted by atomic mass is 10.1. The number of rotatable bonds is 2. The number of aryl methyl sites for hydroxylation is 2. The molecule has 0 bridgehead atoms. The van der Waals surface area contributed by atoms with Gasteiger partial charge >= 0.3 is 0 Å². The van der Waals surface area contributed by atoms with Crippen LogP contribution < -0.4 is 0 Å². The topological polar surface area (TPSA) is 70.5 Å². The molecule has 1 aromatic heterocycles. The fourth-order valence-electron chi connectivity index (χ4n) is 2.74. The van der Waals surface area contributed by atoms with Crippen LogP contribution in [0.1, 0.15) is 59.4 Å². The summed E-state index contributed by atoms with van der Waals surface area (Å²) in [6.45, 7) is 8.60. The molecule has 5 nitrogen and oxygen atoms in total. The van der Waals surface area contributed by atoms with Gasteiger partial charge in [-0.3, -0.25) is 9.59 Å². The van der Waals surface area contributed by atoms with Crippen molar-refractivity contribution in [1.82, 2.24) is 9.88 Å². The van der Waals surface area contributed by atoms with Crippen molar-refractivity contribution in [3.05, 3.63) is 51.5 Å². The first-order chi connectivity index (χ1) is 12.1. The number of nitrogens with zero attached hydrogens (tertiary/aromatic N) is 2. The van der Waals surface area contributed by atoms with Crippen molar-refractivity contribution >= 4 is 23.7 Å². The van der Waals surface area contributed by atoms with Crippen molar-refractivity contribution in [2.45, 2.75) is 46.6 Å². The minimum Gasteiger partial charge on any atom is -0.483 e. The fraction of sp³-hybridized carbons (Fsp3) is 0.421. The summed E-state index contributed by atoms with van der Waals surface area (Å²) in [6.07, 6.45) is 2.07. The summed E-state index contributed by atoms with van der Waals surface area (Å²) in [6, 6.07) is 7.98. The van der Waals surface area contributed by atoms with Crippen molar-refractivity contribution in [2.24, 2.45) is 0 Å². The van der Waals surface area contributed by atoms with E-state index in [4.69, 9.17) is 9.90 Å². The van der Waals surface area contributed by atoms with E-state index < -0.39 is 0 Å². The largest absolute Gasteiger partial charge is 0.483 e. The Kier molecular flexibility index (Phi) is 8.84. The van der Waals surface area contributed by atoms with Gasteiger partial charge in [-0.25, -0.2) is 4.98 Å². The lowest BCUT2D eigenvalue weighted by Crippen LogP contribution is -2.30. The molecule has 2 heterocycles. The maximum Gasteiger partial charge on any atom is 0.290 e. The number of amides is 1. The van der Waals surface area contributed by atoms with E-state index in [-0.39, 0.29) is 18.4 Å².